The van der Waals surface area contributed by atoms with Crippen LogP contribution in [0.3, 0.4) is 0 Å². The van der Waals surface area contributed by atoms with Crippen molar-refractivity contribution in [1.29, 1.82) is 5.26 Å². The SMILES string of the molecule is N#Cc1cc([N+](=O)[O-])ccc1Nc1ccc(Cl)cc1Br. The topological polar surface area (TPSA) is 79.0 Å². The van der Waals surface area contributed by atoms with Crippen LogP contribution in [-0.4, -0.2) is 4.92 Å². The van der Waals surface area contributed by atoms with E-state index in [-0.39, 0.29) is 11.3 Å². The summed E-state index contributed by atoms with van der Waals surface area (Å²) in [5.74, 6) is 0. The molecule has 2 aromatic rings. The highest BCUT2D eigenvalue weighted by Crippen LogP contribution is 2.31. The first-order valence-corrected chi connectivity index (χ1v) is 6.59. The number of hydrogen-bond donors (Lipinski definition) is 1. The summed E-state index contributed by atoms with van der Waals surface area (Å²) in [7, 11) is 0. The standard InChI is InChI=1S/C13H7BrClN3O2/c14-11-6-9(15)1-3-13(11)17-12-4-2-10(18(19)20)5-8(12)7-16/h1-6,17H. The number of anilines is 2. The normalized spacial score (nSPS) is 9.85. The minimum atomic E-state index is -0.539. The average molecular weight is 353 g/mol. The highest BCUT2D eigenvalue weighted by Gasteiger charge is 2.11. The van der Waals surface area contributed by atoms with Gasteiger partial charge >= 0.3 is 0 Å². The third kappa shape index (κ3) is 3.07. The molecule has 0 aliphatic heterocycles. The summed E-state index contributed by atoms with van der Waals surface area (Å²) < 4.78 is 0.729. The zero-order chi connectivity index (χ0) is 14.7. The number of nitrogens with zero attached hydrogens (tertiary/aromatic N) is 2. The Morgan fingerprint density at radius 3 is 2.55 bits per heavy atom. The summed E-state index contributed by atoms with van der Waals surface area (Å²) in [6, 6.07) is 11.2. The molecule has 0 amide bonds. The van der Waals surface area contributed by atoms with Gasteiger partial charge in [-0.15, -0.1) is 0 Å². The number of benzene rings is 2. The van der Waals surface area contributed by atoms with Gasteiger partial charge in [0, 0.05) is 21.6 Å². The number of hydrogen-bond acceptors (Lipinski definition) is 4. The molecule has 5 nitrogen and oxygen atoms in total. The van der Waals surface area contributed by atoms with Crippen LogP contribution in [0.1, 0.15) is 5.56 Å². The minimum absolute atomic E-state index is 0.123. The molecule has 0 spiro atoms. The van der Waals surface area contributed by atoms with Crippen molar-refractivity contribution in [2.75, 3.05) is 5.32 Å². The smallest absolute Gasteiger partial charge is 0.270 e. The van der Waals surface area contributed by atoms with Crippen molar-refractivity contribution < 1.29 is 4.92 Å². The first-order chi connectivity index (χ1) is 9.51. The van der Waals surface area contributed by atoms with Gasteiger partial charge < -0.3 is 5.32 Å². The molecule has 0 fully saturated rings. The fraction of sp³-hybridized carbons (Fsp3) is 0. The fourth-order valence-electron chi connectivity index (χ4n) is 1.58. The molecule has 0 saturated heterocycles. The predicted molar refractivity (Wildman–Crippen MR) is 80.2 cm³/mol. The number of halogens is 2. The Labute approximate surface area is 128 Å². The van der Waals surface area contributed by atoms with Crippen LogP contribution >= 0.6 is 27.5 Å². The molecule has 7 heteroatoms. The molecule has 0 atom stereocenters. The Hall–Kier alpha value is -2.10. The summed E-state index contributed by atoms with van der Waals surface area (Å²) in [6.45, 7) is 0. The van der Waals surface area contributed by atoms with Crippen LogP contribution in [0.5, 0.6) is 0 Å². The molecule has 1 N–H and O–H groups in total. The second-order valence-corrected chi connectivity index (χ2v) is 5.14. The molecule has 0 saturated carbocycles. The van der Waals surface area contributed by atoms with E-state index in [0.29, 0.717) is 16.4 Å². The second kappa shape index (κ2) is 5.90. The lowest BCUT2D eigenvalue weighted by atomic mass is 10.1. The number of nitro groups is 1. The second-order valence-electron chi connectivity index (χ2n) is 3.85. The number of nitro benzene ring substituents is 1. The molecule has 0 aliphatic carbocycles. The minimum Gasteiger partial charge on any atom is -0.354 e. The molecule has 20 heavy (non-hydrogen) atoms. The van der Waals surface area contributed by atoms with Crippen LogP contribution in [0.2, 0.25) is 5.02 Å². The summed E-state index contributed by atoms with van der Waals surface area (Å²) in [5, 5.41) is 23.4. The Balaban J connectivity index is 2.39. The van der Waals surface area contributed by atoms with E-state index in [1.54, 1.807) is 18.2 Å². The Bertz CT molecular complexity index is 728. The first kappa shape index (κ1) is 14.3. The molecule has 2 rings (SSSR count). The van der Waals surface area contributed by atoms with Gasteiger partial charge in [-0.2, -0.15) is 5.26 Å². The van der Waals surface area contributed by atoms with E-state index < -0.39 is 4.92 Å². The van der Waals surface area contributed by atoms with E-state index in [0.717, 1.165) is 4.47 Å². The highest BCUT2D eigenvalue weighted by atomic mass is 79.9. The molecule has 0 heterocycles. The summed E-state index contributed by atoms with van der Waals surface area (Å²) in [6.07, 6.45) is 0. The largest absolute Gasteiger partial charge is 0.354 e. The van der Waals surface area contributed by atoms with Crippen molar-refractivity contribution in [2.24, 2.45) is 0 Å². The van der Waals surface area contributed by atoms with E-state index >= 15 is 0 Å². The van der Waals surface area contributed by atoms with Gasteiger partial charge in [0.15, 0.2) is 0 Å². The lowest BCUT2D eigenvalue weighted by molar-refractivity contribution is -0.384. The summed E-state index contributed by atoms with van der Waals surface area (Å²) in [4.78, 5) is 10.1. The average Bonchev–Trinajstić information content (AvgIpc) is 2.42. The molecule has 0 unspecified atom stereocenters. The maximum Gasteiger partial charge on any atom is 0.270 e. The van der Waals surface area contributed by atoms with E-state index in [4.69, 9.17) is 16.9 Å². The maximum atomic E-state index is 10.7. The van der Waals surface area contributed by atoms with Crippen LogP contribution in [0.25, 0.3) is 0 Å². The molecule has 0 bridgehead atoms. The number of nitriles is 1. The fourth-order valence-corrected chi connectivity index (χ4v) is 2.37. The van der Waals surface area contributed by atoms with E-state index in [1.165, 1.54) is 18.2 Å². The van der Waals surface area contributed by atoms with Crippen LogP contribution in [0.15, 0.2) is 40.9 Å². The predicted octanol–water partition coefficient (Wildman–Crippen LogP) is 4.63. The summed E-state index contributed by atoms with van der Waals surface area (Å²) in [5.41, 5.74) is 1.27. The van der Waals surface area contributed by atoms with Gasteiger partial charge in [0.1, 0.15) is 6.07 Å². The van der Waals surface area contributed by atoms with Gasteiger partial charge in [0.2, 0.25) is 0 Å². The Morgan fingerprint density at radius 2 is 1.95 bits per heavy atom. The quantitative estimate of drug-likeness (QED) is 0.645. The molecular weight excluding hydrogens is 346 g/mol. The van der Waals surface area contributed by atoms with Crippen LogP contribution < -0.4 is 5.32 Å². The molecule has 0 aliphatic rings. The van der Waals surface area contributed by atoms with Gasteiger partial charge in [-0.3, -0.25) is 10.1 Å². The van der Waals surface area contributed by atoms with Crippen molar-refractivity contribution in [1.82, 2.24) is 0 Å². The number of nitrogens with one attached hydrogen (secondary N) is 1. The van der Waals surface area contributed by atoms with Crippen molar-refractivity contribution >= 4 is 44.6 Å². The maximum absolute atomic E-state index is 10.7. The first-order valence-electron chi connectivity index (χ1n) is 5.42. The van der Waals surface area contributed by atoms with Crippen molar-refractivity contribution in [3.63, 3.8) is 0 Å². The zero-order valence-electron chi connectivity index (χ0n) is 9.93. The van der Waals surface area contributed by atoms with Gasteiger partial charge in [0.05, 0.1) is 21.9 Å². The molecule has 100 valence electrons. The highest BCUT2D eigenvalue weighted by molar-refractivity contribution is 9.10. The monoisotopic (exact) mass is 351 g/mol. The molecule has 2 aromatic carbocycles. The van der Waals surface area contributed by atoms with Crippen molar-refractivity contribution in [3.8, 4) is 6.07 Å². The van der Waals surface area contributed by atoms with Crippen molar-refractivity contribution in [2.45, 2.75) is 0 Å². The molecule has 0 aromatic heterocycles. The van der Waals surface area contributed by atoms with Gasteiger partial charge in [-0.05, 0) is 40.2 Å². The Kier molecular flexibility index (Phi) is 4.23. The van der Waals surface area contributed by atoms with Crippen molar-refractivity contribution in [3.05, 3.63) is 61.6 Å². The molecule has 0 radical (unpaired) electrons. The summed E-state index contributed by atoms with van der Waals surface area (Å²) >= 11 is 9.20. The lowest BCUT2D eigenvalue weighted by Crippen LogP contribution is -1.96. The lowest BCUT2D eigenvalue weighted by Gasteiger charge is -2.10. The molecular formula is C13H7BrClN3O2. The third-order valence-electron chi connectivity index (χ3n) is 2.53. The van der Waals surface area contributed by atoms with E-state index in [9.17, 15) is 10.1 Å². The third-order valence-corrected chi connectivity index (χ3v) is 3.43. The van der Waals surface area contributed by atoms with Crippen LogP contribution in [0.4, 0.5) is 17.1 Å². The number of non-ortho nitro benzene ring substituents is 1. The van der Waals surface area contributed by atoms with Gasteiger partial charge in [-0.1, -0.05) is 11.6 Å². The zero-order valence-corrected chi connectivity index (χ0v) is 12.3. The Morgan fingerprint density at radius 1 is 1.25 bits per heavy atom. The van der Waals surface area contributed by atoms with Crippen LogP contribution in [-0.2, 0) is 0 Å². The van der Waals surface area contributed by atoms with E-state index in [1.807, 2.05) is 6.07 Å². The van der Waals surface area contributed by atoms with Crippen LogP contribution in [0, 0.1) is 21.4 Å². The van der Waals surface area contributed by atoms with Gasteiger partial charge in [-0.25, -0.2) is 0 Å². The van der Waals surface area contributed by atoms with Gasteiger partial charge in [0.25, 0.3) is 5.69 Å². The van der Waals surface area contributed by atoms with E-state index in [2.05, 4.69) is 21.2 Å². The number of rotatable bonds is 3.